The molecule has 0 amide bonds. The zero-order chi connectivity index (χ0) is 31.2. The number of aliphatic carboxylic acids is 1. The maximum absolute atomic E-state index is 11.7. The van der Waals surface area contributed by atoms with E-state index in [0.29, 0.717) is 24.4 Å². The fourth-order valence-electron chi connectivity index (χ4n) is 2.85. The second-order valence-corrected chi connectivity index (χ2v) is 9.31. The lowest BCUT2D eigenvalue weighted by molar-refractivity contribution is -0.139. The van der Waals surface area contributed by atoms with Crippen LogP contribution >= 0.6 is 0 Å². The van der Waals surface area contributed by atoms with Gasteiger partial charge >= 0.3 is 23.9 Å². The van der Waals surface area contributed by atoms with Crippen molar-refractivity contribution in [1.82, 2.24) is 0 Å². The molecule has 0 aromatic heterocycles. The first-order valence-corrected chi connectivity index (χ1v) is 14.3. The summed E-state index contributed by atoms with van der Waals surface area (Å²) in [5, 5.41) is 8.74. The van der Waals surface area contributed by atoms with Gasteiger partial charge in [0, 0.05) is 22.8 Å². The van der Waals surface area contributed by atoms with E-state index in [2.05, 4.69) is 36.1 Å². The summed E-state index contributed by atoms with van der Waals surface area (Å²) in [7, 11) is 1.33. The van der Waals surface area contributed by atoms with Gasteiger partial charge in [0.15, 0.2) is 0 Å². The highest BCUT2D eigenvalue weighted by Gasteiger charge is 2.08. The molecule has 8 heteroatoms. The van der Waals surface area contributed by atoms with Crippen LogP contribution in [0.3, 0.4) is 0 Å². The van der Waals surface area contributed by atoms with Crippen LogP contribution in [0.25, 0.3) is 0 Å². The van der Waals surface area contributed by atoms with Crippen molar-refractivity contribution in [3.8, 4) is 0 Å². The maximum atomic E-state index is 11.7. The van der Waals surface area contributed by atoms with Crippen LogP contribution in [0.2, 0.25) is 0 Å². The quantitative estimate of drug-likeness (QED) is 0.0690. The first kappa shape index (κ1) is 41.3. The Morgan fingerprint density at radius 1 is 0.725 bits per heavy atom. The minimum atomic E-state index is -0.985. The molecule has 0 saturated carbocycles. The van der Waals surface area contributed by atoms with E-state index in [1.807, 2.05) is 6.92 Å². The zero-order valence-electron chi connectivity index (χ0n) is 25.7. The summed E-state index contributed by atoms with van der Waals surface area (Å²) >= 11 is 0. The van der Waals surface area contributed by atoms with Crippen molar-refractivity contribution in [1.29, 1.82) is 0 Å². The van der Waals surface area contributed by atoms with Gasteiger partial charge < -0.3 is 19.3 Å². The Hall–Kier alpha value is -3.16. The molecule has 8 nitrogen and oxygen atoms in total. The summed E-state index contributed by atoms with van der Waals surface area (Å²) in [5.74, 6) is -2.09. The Kier molecular flexibility index (Phi) is 31.4. The average molecular weight is 567 g/mol. The molecule has 0 fully saturated rings. The average Bonchev–Trinajstić information content (AvgIpc) is 2.94. The molecule has 0 aromatic carbocycles. The van der Waals surface area contributed by atoms with Gasteiger partial charge in [-0.25, -0.2) is 19.2 Å². The molecule has 1 N–H and O–H groups in total. The highest BCUT2D eigenvalue weighted by atomic mass is 16.5. The van der Waals surface area contributed by atoms with Gasteiger partial charge in [0.25, 0.3) is 0 Å². The van der Waals surface area contributed by atoms with Gasteiger partial charge in [0.2, 0.25) is 0 Å². The van der Waals surface area contributed by atoms with Crippen LogP contribution < -0.4 is 0 Å². The first-order chi connectivity index (χ1) is 19.0. The largest absolute Gasteiger partial charge is 0.478 e. The standard InChI is InChI=1S/C20H34O4.C7H12O2.C5H8O2/c1-4-5-6-7-8-9-10-11-12-13-16-24-20(23)18(3)15-14-17(2)19(21)22;1-3-5-6-9-7(8)4-2;1-4(2)5(6)7-3/h14H,3-13,15-16H2,1-2H3,(H,21,22);4H,2-3,5-6H2,1H3;1H2,2-3H3. The van der Waals surface area contributed by atoms with E-state index in [0.717, 1.165) is 25.7 Å². The monoisotopic (exact) mass is 566 g/mol. The van der Waals surface area contributed by atoms with Crippen LogP contribution in [-0.4, -0.2) is 49.3 Å². The van der Waals surface area contributed by atoms with Gasteiger partial charge in [-0.3, -0.25) is 0 Å². The van der Waals surface area contributed by atoms with Gasteiger partial charge in [-0.2, -0.15) is 0 Å². The van der Waals surface area contributed by atoms with Crippen molar-refractivity contribution >= 4 is 23.9 Å². The van der Waals surface area contributed by atoms with Crippen molar-refractivity contribution in [2.75, 3.05) is 20.3 Å². The van der Waals surface area contributed by atoms with Gasteiger partial charge in [0.1, 0.15) is 0 Å². The molecule has 0 saturated heterocycles. The fourth-order valence-corrected chi connectivity index (χ4v) is 2.85. The Bertz CT molecular complexity index is 780. The van der Waals surface area contributed by atoms with E-state index in [9.17, 15) is 19.2 Å². The molecule has 0 unspecified atom stereocenters. The maximum Gasteiger partial charge on any atom is 0.333 e. The lowest BCUT2D eigenvalue weighted by atomic mass is 10.1. The van der Waals surface area contributed by atoms with Crippen LogP contribution in [-0.2, 0) is 33.4 Å². The molecule has 0 atom stereocenters. The van der Waals surface area contributed by atoms with Crippen molar-refractivity contribution < 1.29 is 38.5 Å². The van der Waals surface area contributed by atoms with Crippen molar-refractivity contribution in [3.05, 3.63) is 48.6 Å². The number of carboxylic acid groups (broad SMARTS) is 1. The molecule has 0 spiro atoms. The lowest BCUT2D eigenvalue weighted by Gasteiger charge is -2.06. The number of allylic oxidation sites excluding steroid dienone is 1. The van der Waals surface area contributed by atoms with Crippen LogP contribution in [0.4, 0.5) is 0 Å². The highest BCUT2D eigenvalue weighted by molar-refractivity contribution is 5.89. The number of ether oxygens (including phenoxy) is 3. The lowest BCUT2D eigenvalue weighted by Crippen LogP contribution is -2.08. The third-order valence-corrected chi connectivity index (χ3v) is 5.45. The summed E-state index contributed by atoms with van der Waals surface area (Å²) in [6.45, 7) is 18.6. The summed E-state index contributed by atoms with van der Waals surface area (Å²) in [6.07, 6.45) is 17.2. The van der Waals surface area contributed by atoms with E-state index in [1.54, 1.807) is 6.92 Å². The molecular weight excluding hydrogens is 512 g/mol. The summed E-state index contributed by atoms with van der Waals surface area (Å²) < 4.78 is 14.1. The van der Waals surface area contributed by atoms with Crippen molar-refractivity contribution in [2.45, 2.75) is 111 Å². The number of esters is 3. The second-order valence-electron chi connectivity index (χ2n) is 9.31. The minimum absolute atomic E-state index is 0.207. The third kappa shape index (κ3) is 31.1. The molecular formula is C32H54O8. The van der Waals surface area contributed by atoms with Gasteiger partial charge in [-0.1, -0.05) is 104 Å². The van der Waals surface area contributed by atoms with Gasteiger partial charge in [-0.05, 0) is 33.1 Å². The number of unbranched alkanes of at least 4 members (excludes halogenated alkanes) is 10. The Balaban J connectivity index is -0.000000695. The van der Waals surface area contributed by atoms with Crippen LogP contribution in [0.5, 0.6) is 0 Å². The molecule has 0 rings (SSSR count). The summed E-state index contributed by atoms with van der Waals surface area (Å²) in [6, 6.07) is 0. The van der Waals surface area contributed by atoms with Crippen LogP contribution in [0, 0.1) is 0 Å². The van der Waals surface area contributed by atoms with Crippen molar-refractivity contribution in [3.63, 3.8) is 0 Å². The Labute approximate surface area is 242 Å². The first-order valence-electron chi connectivity index (χ1n) is 14.3. The molecule has 0 aliphatic carbocycles. The molecule has 0 aliphatic heterocycles. The number of hydrogen-bond acceptors (Lipinski definition) is 7. The third-order valence-electron chi connectivity index (χ3n) is 5.45. The molecule has 40 heavy (non-hydrogen) atoms. The topological polar surface area (TPSA) is 116 Å². The predicted octanol–water partition coefficient (Wildman–Crippen LogP) is 7.68. The fraction of sp³-hybridized carbons (Fsp3) is 0.625. The van der Waals surface area contributed by atoms with Crippen LogP contribution in [0.15, 0.2) is 48.6 Å². The minimum Gasteiger partial charge on any atom is -0.478 e. The van der Waals surface area contributed by atoms with Crippen LogP contribution in [0.1, 0.15) is 111 Å². The van der Waals surface area contributed by atoms with E-state index in [4.69, 9.17) is 9.84 Å². The number of rotatable bonds is 20. The Morgan fingerprint density at radius 3 is 1.60 bits per heavy atom. The molecule has 230 valence electrons. The van der Waals surface area contributed by atoms with Crippen molar-refractivity contribution in [2.24, 2.45) is 0 Å². The summed E-state index contributed by atoms with van der Waals surface area (Å²) in [5.41, 5.74) is 0.934. The van der Waals surface area contributed by atoms with Gasteiger partial charge in [0.05, 0.1) is 20.3 Å². The predicted molar refractivity (Wildman–Crippen MR) is 161 cm³/mol. The number of hydrogen-bond donors (Lipinski definition) is 1. The number of carbonyl (C=O) groups excluding carboxylic acids is 3. The highest BCUT2D eigenvalue weighted by Crippen LogP contribution is 2.11. The zero-order valence-corrected chi connectivity index (χ0v) is 25.7. The summed E-state index contributed by atoms with van der Waals surface area (Å²) in [4.78, 5) is 42.9. The molecule has 0 aromatic rings. The number of methoxy groups -OCH3 is 1. The number of carbonyl (C=O) groups is 4. The molecule has 0 radical (unpaired) electrons. The second kappa shape index (κ2) is 30.4. The van der Waals surface area contributed by atoms with E-state index >= 15 is 0 Å². The van der Waals surface area contributed by atoms with Gasteiger partial charge in [-0.15, -0.1) is 0 Å². The number of carboxylic acids is 1. The molecule has 0 heterocycles. The molecule has 0 bridgehead atoms. The van der Waals surface area contributed by atoms with E-state index < -0.39 is 11.9 Å². The Morgan fingerprint density at radius 2 is 1.20 bits per heavy atom. The SMILES string of the molecule is C=C(C)C(=O)OC.C=C(CC=C(C)C(=O)O)C(=O)OCCCCCCCCCCCC.C=CC(=O)OCCCC. The van der Waals surface area contributed by atoms with E-state index in [-0.39, 0.29) is 23.9 Å². The normalized spacial score (nSPS) is 10.1. The smallest absolute Gasteiger partial charge is 0.333 e. The molecule has 0 aliphatic rings. The van der Waals surface area contributed by atoms with E-state index in [1.165, 1.54) is 77.6 Å².